The molecule has 0 radical (unpaired) electrons. The Morgan fingerprint density at radius 1 is 1.29 bits per heavy atom. The maximum absolute atomic E-state index is 8.60. The Kier molecular flexibility index (Phi) is 12.2. The van der Waals surface area contributed by atoms with Crippen molar-refractivity contribution in [1.29, 1.82) is 0 Å². The van der Waals surface area contributed by atoms with E-state index in [1.165, 1.54) is 5.56 Å². The predicted molar refractivity (Wildman–Crippen MR) is 83.0 cm³/mol. The SMILES string of the molecule is Cc1cc(N)ccc1NCCSCCO.Cl.Cl. The Labute approximate surface area is 119 Å². The van der Waals surface area contributed by atoms with Gasteiger partial charge < -0.3 is 16.2 Å². The van der Waals surface area contributed by atoms with E-state index >= 15 is 0 Å². The van der Waals surface area contributed by atoms with Gasteiger partial charge in [-0.25, -0.2) is 0 Å². The fourth-order valence-electron chi connectivity index (χ4n) is 1.31. The highest BCUT2D eigenvalue weighted by Crippen LogP contribution is 2.17. The second-order valence-electron chi connectivity index (χ2n) is 3.34. The number of nitrogens with one attached hydrogen (secondary N) is 1. The molecule has 1 aromatic carbocycles. The maximum Gasteiger partial charge on any atom is 0.0521 e. The van der Waals surface area contributed by atoms with E-state index in [0.29, 0.717) is 0 Å². The normalized spacial score (nSPS) is 9.06. The molecule has 0 heterocycles. The summed E-state index contributed by atoms with van der Waals surface area (Å²) in [6, 6.07) is 5.86. The maximum atomic E-state index is 8.60. The number of aryl methyl sites for hydroxylation is 1. The fraction of sp³-hybridized carbons (Fsp3) is 0.455. The standard InChI is InChI=1S/C11H18N2OS.2ClH/c1-9-8-10(12)2-3-11(9)13-4-6-15-7-5-14;;/h2-3,8,13-14H,4-7,12H2,1H3;2*1H. The van der Waals surface area contributed by atoms with Gasteiger partial charge in [-0.1, -0.05) is 0 Å². The molecule has 0 fully saturated rings. The van der Waals surface area contributed by atoms with Crippen LogP contribution in [-0.2, 0) is 0 Å². The Bertz CT molecular complexity index is 314. The summed E-state index contributed by atoms with van der Waals surface area (Å²) >= 11 is 1.74. The number of anilines is 2. The molecule has 0 aliphatic rings. The number of hydrogen-bond donors (Lipinski definition) is 3. The van der Waals surface area contributed by atoms with Gasteiger partial charge in [-0.2, -0.15) is 11.8 Å². The van der Waals surface area contributed by atoms with Crippen molar-refractivity contribution >= 4 is 48.0 Å². The van der Waals surface area contributed by atoms with Crippen LogP contribution >= 0.6 is 36.6 Å². The van der Waals surface area contributed by atoms with E-state index in [9.17, 15) is 0 Å². The molecule has 1 aromatic rings. The highest BCUT2D eigenvalue weighted by molar-refractivity contribution is 7.99. The Hall–Kier alpha value is -0.290. The molecule has 0 spiro atoms. The number of aliphatic hydroxyl groups is 1. The fourth-order valence-corrected chi connectivity index (χ4v) is 1.89. The van der Waals surface area contributed by atoms with Crippen molar-refractivity contribution in [3.05, 3.63) is 23.8 Å². The number of benzene rings is 1. The van der Waals surface area contributed by atoms with Crippen molar-refractivity contribution in [2.24, 2.45) is 0 Å². The zero-order valence-corrected chi connectivity index (χ0v) is 12.3. The van der Waals surface area contributed by atoms with E-state index in [0.717, 1.165) is 29.4 Å². The molecular weight excluding hydrogens is 279 g/mol. The van der Waals surface area contributed by atoms with Gasteiger partial charge >= 0.3 is 0 Å². The van der Waals surface area contributed by atoms with Gasteiger partial charge in [-0.15, -0.1) is 24.8 Å². The third-order valence-corrected chi connectivity index (χ3v) is 3.01. The molecule has 4 N–H and O–H groups in total. The van der Waals surface area contributed by atoms with E-state index in [2.05, 4.69) is 5.32 Å². The lowest BCUT2D eigenvalue weighted by Gasteiger charge is -2.09. The molecule has 0 atom stereocenters. The van der Waals surface area contributed by atoms with Crippen LogP contribution in [0.4, 0.5) is 11.4 Å². The van der Waals surface area contributed by atoms with Crippen molar-refractivity contribution in [3.63, 3.8) is 0 Å². The molecular formula is C11H20Cl2N2OS. The summed E-state index contributed by atoms with van der Waals surface area (Å²) in [7, 11) is 0. The number of thioether (sulfide) groups is 1. The number of nitrogens with two attached hydrogens (primary N) is 1. The molecule has 0 aromatic heterocycles. The number of aliphatic hydroxyl groups excluding tert-OH is 1. The van der Waals surface area contributed by atoms with Gasteiger partial charge in [0.25, 0.3) is 0 Å². The van der Waals surface area contributed by atoms with Gasteiger partial charge in [-0.05, 0) is 30.7 Å². The van der Waals surface area contributed by atoms with E-state index in [1.807, 2.05) is 25.1 Å². The highest BCUT2D eigenvalue weighted by Gasteiger charge is 1.97. The number of hydrogen-bond acceptors (Lipinski definition) is 4. The quantitative estimate of drug-likeness (QED) is 0.558. The third kappa shape index (κ3) is 7.60. The van der Waals surface area contributed by atoms with Crippen molar-refractivity contribution in [2.75, 3.05) is 35.7 Å². The number of nitrogen functional groups attached to an aromatic ring is 1. The second-order valence-corrected chi connectivity index (χ2v) is 4.56. The van der Waals surface area contributed by atoms with Crippen molar-refractivity contribution in [3.8, 4) is 0 Å². The topological polar surface area (TPSA) is 58.3 Å². The molecule has 17 heavy (non-hydrogen) atoms. The zero-order valence-electron chi connectivity index (χ0n) is 9.81. The highest BCUT2D eigenvalue weighted by atomic mass is 35.5. The van der Waals surface area contributed by atoms with Crippen LogP contribution in [0.2, 0.25) is 0 Å². The number of halogens is 2. The second kappa shape index (κ2) is 10.8. The molecule has 6 heteroatoms. The smallest absolute Gasteiger partial charge is 0.0521 e. The van der Waals surface area contributed by atoms with Crippen LogP contribution in [-0.4, -0.2) is 29.8 Å². The van der Waals surface area contributed by atoms with Crippen LogP contribution in [0.25, 0.3) is 0 Å². The summed E-state index contributed by atoms with van der Waals surface area (Å²) in [5.41, 5.74) is 8.76. The van der Waals surface area contributed by atoms with Crippen LogP contribution < -0.4 is 11.1 Å². The van der Waals surface area contributed by atoms with Crippen molar-refractivity contribution in [2.45, 2.75) is 6.92 Å². The minimum Gasteiger partial charge on any atom is -0.399 e. The van der Waals surface area contributed by atoms with E-state index < -0.39 is 0 Å². The van der Waals surface area contributed by atoms with Crippen LogP contribution in [0.1, 0.15) is 5.56 Å². The van der Waals surface area contributed by atoms with Gasteiger partial charge in [0.15, 0.2) is 0 Å². The molecule has 0 aliphatic carbocycles. The van der Waals surface area contributed by atoms with Gasteiger partial charge in [0.05, 0.1) is 6.61 Å². The lowest BCUT2D eigenvalue weighted by Crippen LogP contribution is -2.06. The van der Waals surface area contributed by atoms with Gasteiger partial charge in [0.2, 0.25) is 0 Å². The third-order valence-electron chi connectivity index (χ3n) is 2.05. The summed E-state index contributed by atoms with van der Waals surface area (Å²) in [4.78, 5) is 0. The summed E-state index contributed by atoms with van der Waals surface area (Å²) in [6.45, 7) is 3.21. The zero-order chi connectivity index (χ0) is 11.1. The predicted octanol–water partition coefficient (Wildman–Crippen LogP) is 2.56. The van der Waals surface area contributed by atoms with Gasteiger partial charge in [0, 0.05) is 29.4 Å². The lowest BCUT2D eigenvalue weighted by atomic mass is 10.2. The van der Waals surface area contributed by atoms with Gasteiger partial charge in [-0.3, -0.25) is 0 Å². The first-order valence-corrected chi connectivity index (χ1v) is 6.18. The molecule has 0 saturated heterocycles. The molecule has 0 saturated carbocycles. The minimum absolute atomic E-state index is 0. The van der Waals surface area contributed by atoms with Crippen LogP contribution in [0.15, 0.2) is 18.2 Å². The van der Waals surface area contributed by atoms with Crippen molar-refractivity contribution < 1.29 is 5.11 Å². The van der Waals surface area contributed by atoms with Crippen LogP contribution in [0.5, 0.6) is 0 Å². The summed E-state index contributed by atoms with van der Waals surface area (Å²) in [5, 5.41) is 11.9. The first kappa shape index (κ1) is 19.1. The first-order valence-electron chi connectivity index (χ1n) is 5.02. The Morgan fingerprint density at radius 2 is 2.00 bits per heavy atom. The van der Waals surface area contributed by atoms with E-state index in [-0.39, 0.29) is 31.4 Å². The average molecular weight is 299 g/mol. The lowest BCUT2D eigenvalue weighted by molar-refractivity contribution is 0.322. The minimum atomic E-state index is 0. The molecule has 1 rings (SSSR count). The Balaban J connectivity index is 0. The molecule has 3 nitrogen and oxygen atoms in total. The first-order chi connectivity index (χ1) is 7.24. The van der Waals surface area contributed by atoms with Gasteiger partial charge in [0.1, 0.15) is 0 Å². The monoisotopic (exact) mass is 298 g/mol. The van der Waals surface area contributed by atoms with Crippen molar-refractivity contribution in [1.82, 2.24) is 0 Å². The molecule has 100 valence electrons. The summed E-state index contributed by atoms with van der Waals surface area (Å²) in [5.74, 6) is 1.81. The average Bonchev–Trinajstić information content (AvgIpc) is 2.20. The van der Waals surface area contributed by atoms with E-state index in [1.54, 1.807) is 11.8 Å². The molecule has 0 amide bonds. The Morgan fingerprint density at radius 3 is 2.59 bits per heavy atom. The largest absolute Gasteiger partial charge is 0.399 e. The summed E-state index contributed by atoms with van der Waals surface area (Å²) < 4.78 is 0. The van der Waals surface area contributed by atoms with Crippen LogP contribution in [0.3, 0.4) is 0 Å². The molecule has 0 bridgehead atoms. The summed E-state index contributed by atoms with van der Waals surface area (Å²) in [6.07, 6.45) is 0. The number of rotatable bonds is 6. The van der Waals surface area contributed by atoms with Crippen LogP contribution in [0, 0.1) is 6.92 Å². The molecule has 0 unspecified atom stereocenters. The van der Waals surface area contributed by atoms with E-state index in [4.69, 9.17) is 10.8 Å². The molecule has 0 aliphatic heterocycles.